The number of halogens is 1. The third kappa shape index (κ3) is 2.67. The molecular formula is C16H14INOS. The van der Waals surface area contributed by atoms with Gasteiger partial charge in [0.2, 0.25) is 5.88 Å². The Morgan fingerprint density at radius 3 is 2.75 bits per heavy atom. The summed E-state index contributed by atoms with van der Waals surface area (Å²) in [5.74, 6) is 0.774. The highest BCUT2D eigenvalue weighted by atomic mass is 127. The van der Waals surface area contributed by atoms with E-state index in [0.717, 1.165) is 21.6 Å². The second kappa shape index (κ2) is 6.10. The Balaban J connectivity index is 1.94. The minimum Gasteiger partial charge on any atom is -0.473 e. The molecule has 2 nitrogen and oxygen atoms in total. The third-order valence-electron chi connectivity index (χ3n) is 3.21. The molecule has 3 aromatic rings. The highest BCUT2D eigenvalue weighted by Crippen LogP contribution is 2.34. The Morgan fingerprint density at radius 2 is 2.00 bits per heavy atom. The quantitative estimate of drug-likeness (QED) is 0.452. The van der Waals surface area contributed by atoms with Gasteiger partial charge in [0.15, 0.2) is 0 Å². The van der Waals surface area contributed by atoms with E-state index < -0.39 is 0 Å². The fourth-order valence-electron chi connectivity index (χ4n) is 2.17. The summed E-state index contributed by atoms with van der Waals surface area (Å²) < 4.78 is 8.17. The SMILES string of the molecule is Cc1nc(OCc2ccccc2)c(CI)c2sccc12. The zero-order valence-corrected chi connectivity index (χ0v) is 14.1. The molecule has 0 radical (unpaired) electrons. The summed E-state index contributed by atoms with van der Waals surface area (Å²) in [5.41, 5.74) is 3.41. The number of alkyl halides is 1. The van der Waals surface area contributed by atoms with E-state index in [1.807, 2.05) is 25.1 Å². The summed E-state index contributed by atoms with van der Waals surface area (Å²) in [4.78, 5) is 4.64. The van der Waals surface area contributed by atoms with Crippen LogP contribution in [-0.2, 0) is 11.0 Å². The van der Waals surface area contributed by atoms with Gasteiger partial charge in [0.1, 0.15) is 6.61 Å². The predicted octanol–water partition coefficient (Wildman–Crippen LogP) is 5.12. The van der Waals surface area contributed by atoms with Gasteiger partial charge < -0.3 is 4.74 Å². The Labute approximate surface area is 136 Å². The summed E-state index contributed by atoms with van der Waals surface area (Å²) in [6.07, 6.45) is 0. The normalized spacial score (nSPS) is 10.9. The zero-order chi connectivity index (χ0) is 13.9. The average molecular weight is 395 g/mol. The summed E-state index contributed by atoms with van der Waals surface area (Å²) in [6.45, 7) is 2.61. The van der Waals surface area contributed by atoms with Crippen molar-refractivity contribution in [2.75, 3.05) is 0 Å². The maximum atomic E-state index is 5.96. The van der Waals surface area contributed by atoms with Gasteiger partial charge in [0.25, 0.3) is 0 Å². The Morgan fingerprint density at radius 1 is 1.20 bits per heavy atom. The van der Waals surface area contributed by atoms with Gasteiger partial charge in [-0.05, 0) is 23.9 Å². The lowest BCUT2D eigenvalue weighted by Gasteiger charge is -2.11. The number of aryl methyl sites for hydroxylation is 1. The monoisotopic (exact) mass is 395 g/mol. The van der Waals surface area contributed by atoms with Crippen LogP contribution in [0.5, 0.6) is 5.88 Å². The van der Waals surface area contributed by atoms with Crippen molar-refractivity contribution in [3.8, 4) is 5.88 Å². The highest BCUT2D eigenvalue weighted by Gasteiger charge is 2.13. The van der Waals surface area contributed by atoms with Crippen LogP contribution in [0.3, 0.4) is 0 Å². The van der Waals surface area contributed by atoms with E-state index in [2.05, 4.69) is 51.2 Å². The summed E-state index contributed by atoms with van der Waals surface area (Å²) in [7, 11) is 0. The Kier molecular flexibility index (Phi) is 4.21. The van der Waals surface area contributed by atoms with Crippen molar-refractivity contribution < 1.29 is 4.74 Å². The Hall–Kier alpha value is -1.14. The van der Waals surface area contributed by atoms with Crippen LogP contribution in [0, 0.1) is 6.92 Å². The predicted molar refractivity (Wildman–Crippen MR) is 92.9 cm³/mol. The van der Waals surface area contributed by atoms with Crippen LogP contribution in [0.15, 0.2) is 41.8 Å². The largest absolute Gasteiger partial charge is 0.473 e. The number of ether oxygens (including phenoxy) is 1. The number of nitrogens with zero attached hydrogens (tertiary/aromatic N) is 1. The van der Waals surface area contributed by atoms with Crippen LogP contribution in [0.4, 0.5) is 0 Å². The van der Waals surface area contributed by atoms with Crippen molar-refractivity contribution in [2.45, 2.75) is 18.0 Å². The molecule has 3 rings (SSSR count). The zero-order valence-electron chi connectivity index (χ0n) is 11.1. The molecule has 0 aliphatic rings. The van der Waals surface area contributed by atoms with Gasteiger partial charge in [-0.25, -0.2) is 4.98 Å². The summed E-state index contributed by atoms with van der Waals surface area (Å²) in [5, 5.41) is 3.37. The molecule has 2 heterocycles. The van der Waals surface area contributed by atoms with E-state index in [9.17, 15) is 0 Å². The molecule has 1 aromatic carbocycles. The van der Waals surface area contributed by atoms with Gasteiger partial charge >= 0.3 is 0 Å². The number of hydrogen-bond donors (Lipinski definition) is 0. The number of thiophene rings is 1. The van der Waals surface area contributed by atoms with E-state index in [1.54, 1.807) is 11.3 Å². The number of pyridine rings is 1. The van der Waals surface area contributed by atoms with Gasteiger partial charge in [-0.1, -0.05) is 52.9 Å². The number of benzene rings is 1. The highest BCUT2D eigenvalue weighted by molar-refractivity contribution is 14.1. The molecular weight excluding hydrogens is 381 g/mol. The van der Waals surface area contributed by atoms with Crippen molar-refractivity contribution in [3.63, 3.8) is 0 Å². The van der Waals surface area contributed by atoms with E-state index >= 15 is 0 Å². The fourth-order valence-corrected chi connectivity index (χ4v) is 4.12. The molecule has 0 amide bonds. The van der Waals surface area contributed by atoms with Crippen LogP contribution < -0.4 is 4.74 Å². The lowest BCUT2D eigenvalue weighted by atomic mass is 10.2. The minimum atomic E-state index is 0.563. The lowest BCUT2D eigenvalue weighted by Crippen LogP contribution is -2.01. The molecule has 0 spiro atoms. The first kappa shape index (κ1) is 13.8. The second-order valence-corrected chi connectivity index (χ2v) is 6.23. The maximum Gasteiger partial charge on any atom is 0.219 e. The van der Waals surface area contributed by atoms with Gasteiger partial charge in [0.05, 0.1) is 5.69 Å². The first-order valence-corrected chi connectivity index (χ1v) is 8.79. The molecule has 0 unspecified atom stereocenters. The molecule has 2 aromatic heterocycles. The number of hydrogen-bond acceptors (Lipinski definition) is 3. The third-order valence-corrected chi connectivity index (χ3v) is 4.95. The molecule has 0 saturated heterocycles. The van der Waals surface area contributed by atoms with E-state index in [4.69, 9.17) is 4.74 Å². The van der Waals surface area contributed by atoms with Gasteiger partial charge in [-0.3, -0.25) is 0 Å². The lowest BCUT2D eigenvalue weighted by molar-refractivity contribution is 0.292. The average Bonchev–Trinajstić information content (AvgIpc) is 2.96. The fraction of sp³-hybridized carbons (Fsp3) is 0.188. The first-order chi connectivity index (χ1) is 9.79. The van der Waals surface area contributed by atoms with E-state index in [0.29, 0.717) is 6.61 Å². The van der Waals surface area contributed by atoms with Crippen LogP contribution >= 0.6 is 33.9 Å². The smallest absolute Gasteiger partial charge is 0.219 e. The van der Waals surface area contributed by atoms with Crippen molar-refractivity contribution in [1.82, 2.24) is 4.98 Å². The second-order valence-electron chi connectivity index (χ2n) is 4.55. The van der Waals surface area contributed by atoms with Gasteiger partial charge in [0, 0.05) is 20.1 Å². The molecule has 0 bridgehead atoms. The molecule has 0 saturated carbocycles. The molecule has 0 fully saturated rings. The number of aromatic nitrogens is 1. The molecule has 0 N–H and O–H groups in total. The maximum absolute atomic E-state index is 5.96. The summed E-state index contributed by atoms with van der Waals surface area (Å²) >= 11 is 4.14. The first-order valence-electron chi connectivity index (χ1n) is 6.39. The van der Waals surface area contributed by atoms with Crippen molar-refractivity contribution in [1.29, 1.82) is 0 Å². The van der Waals surface area contributed by atoms with Crippen LogP contribution in [0.25, 0.3) is 10.1 Å². The van der Waals surface area contributed by atoms with E-state index in [1.165, 1.54) is 15.6 Å². The molecule has 0 aliphatic carbocycles. The van der Waals surface area contributed by atoms with Crippen molar-refractivity contribution in [2.24, 2.45) is 0 Å². The van der Waals surface area contributed by atoms with Crippen LogP contribution in [-0.4, -0.2) is 4.98 Å². The molecule has 0 aliphatic heterocycles. The molecule has 102 valence electrons. The molecule has 0 atom stereocenters. The number of rotatable bonds is 4. The Bertz CT molecular complexity index is 724. The van der Waals surface area contributed by atoms with E-state index in [-0.39, 0.29) is 0 Å². The number of fused-ring (bicyclic) bond motifs is 1. The minimum absolute atomic E-state index is 0.563. The van der Waals surface area contributed by atoms with Gasteiger partial charge in [-0.15, -0.1) is 11.3 Å². The van der Waals surface area contributed by atoms with Crippen molar-refractivity contribution in [3.05, 3.63) is 58.6 Å². The molecule has 4 heteroatoms. The molecule has 20 heavy (non-hydrogen) atoms. The van der Waals surface area contributed by atoms with Crippen LogP contribution in [0.2, 0.25) is 0 Å². The summed E-state index contributed by atoms with van der Waals surface area (Å²) in [6, 6.07) is 12.3. The van der Waals surface area contributed by atoms with Gasteiger partial charge in [-0.2, -0.15) is 0 Å². The van der Waals surface area contributed by atoms with Crippen LogP contribution in [0.1, 0.15) is 16.8 Å². The standard InChI is InChI=1S/C16H14INOS/c1-11-13-7-8-20-15(13)14(9-17)16(18-11)19-10-12-5-3-2-4-6-12/h2-8H,9-10H2,1H3. The van der Waals surface area contributed by atoms with Crippen molar-refractivity contribution >= 4 is 44.0 Å². The topological polar surface area (TPSA) is 22.1 Å².